The van der Waals surface area contributed by atoms with Gasteiger partial charge < -0.3 is 20.1 Å². The summed E-state index contributed by atoms with van der Waals surface area (Å²) in [5.74, 6) is -0.821. The van der Waals surface area contributed by atoms with Crippen LogP contribution >= 0.6 is 7.82 Å². The van der Waals surface area contributed by atoms with E-state index in [-0.39, 0.29) is 38.6 Å². The standard InChI is InChI=1S/C51H96NO8P/c1-3-5-7-9-11-13-15-16-17-18-19-20-21-22-23-24-25-26-27-28-29-30-31-32-34-36-38-40-42-44-51(54)60-49(48-59-61(55,56)58-46-45-52)47-57-50(53)43-41-39-37-35-33-14-12-10-8-6-4-2/h15-16,18-19,21-22,49H,3-14,17,20,23-48,52H2,1-2H3,(H,55,56)/b16-15-,19-18-,22-21-. The summed E-state index contributed by atoms with van der Waals surface area (Å²) in [6.07, 6.45) is 54.8. The zero-order chi connectivity index (χ0) is 44.6. The molecule has 0 aromatic rings. The number of hydrogen-bond acceptors (Lipinski definition) is 8. The molecule has 358 valence electrons. The van der Waals surface area contributed by atoms with Crippen LogP contribution in [0, 0.1) is 0 Å². The van der Waals surface area contributed by atoms with Gasteiger partial charge in [0.2, 0.25) is 0 Å². The lowest BCUT2D eigenvalue weighted by Gasteiger charge is -2.19. The van der Waals surface area contributed by atoms with Crippen LogP contribution in [0.15, 0.2) is 36.5 Å². The second-order valence-corrected chi connectivity index (χ2v) is 18.5. The fraction of sp³-hybridized carbons (Fsp3) is 0.843. The summed E-state index contributed by atoms with van der Waals surface area (Å²) in [5.41, 5.74) is 5.36. The van der Waals surface area contributed by atoms with Crippen molar-refractivity contribution in [2.24, 2.45) is 5.73 Å². The number of hydrogen-bond donors (Lipinski definition) is 2. The van der Waals surface area contributed by atoms with Crippen LogP contribution in [0.4, 0.5) is 0 Å². The van der Waals surface area contributed by atoms with Gasteiger partial charge in [0.25, 0.3) is 0 Å². The number of phosphoric ester groups is 1. The second kappa shape index (κ2) is 47.7. The average molecular weight is 882 g/mol. The maximum atomic E-state index is 12.6. The maximum Gasteiger partial charge on any atom is 0.472 e. The van der Waals surface area contributed by atoms with Crippen molar-refractivity contribution < 1.29 is 37.6 Å². The third-order valence-corrected chi connectivity index (χ3v) is 12.0. The van der Waals surface area contributed by atoms with Crippen LogP contribution in [0.3, 0.4) is 0 Å². The molecule has 2 atom stereocenters. The van der Waals surface area contributed by atoms with Crippen LogP contribution < -0.4 is 5.73 Å². The Morgan fingerprint density at radius 2 is 0.852 bits per heavy atom. The van der Waals surface area contributed by atoms with Gasteiger partial charge in [-0.25, -0.2) is 4.57 Å². The van der Waals surface area contributed by atoms with Crippen LogP contribution in [0.25, 0.3) is 0 Å². The van der Waals surface area contributed by atoms with E-state index in [0.717, 1.165) is 51.4 Å². The first-order valence-electron chi connectivity index (χ1n) is 25.5. The summed E-state index contributed by atoms with van der Waals surface area (Å²) in [6, 6.07) is 0. The highest BCUT2D eigenvalue weighted by atomic mass is 31.2. The molecule has 10 heteroatoms. The fourth-order valence-electron chi connectivity index (χ4n) is 7.23. The molecule has 0 saturated heterocycles. The molecule has 0 aromatic carbocycles. The summed E-state index contributed by atoms with van der Waals surface area (Å²) in [7, 11) is -4.38. The largest absolute Gasteiger partial charge is 0.472 e. The SMILES string of the molecule is CCCCCCC/C=C\C/C=C\C/C=C\CCCCCCCCCCCCCCCCC(=O)OC(COC(=O)CCCCCCCCCCCCC)COP(=O)(O)OCCN. The number of ether oxygens (including phenoxy) is 2. The zero-order valence-corrected chi connectivity index (χ0v) is 40.5. The van der Waals surface area contributed by atoms with Gasteiger partial charge in [0.15, 0.2) is 6.10 Å². The summed E-state index contributed by atoms with van der Waals surface area (Å²) >= 11 is 0. The van der Waals surface area contributed by atoms with E-state index in [1.54, 1.807) is 0 Å². The van der Waals surface area contributed by atoms with E-state index in [1.807, 2.05) is 0 Å². The molecule has 0 aromatic heterocycles. The van der Waals surface area contributed by atoms with Crippen molar-refractivity contribution >= 4 is 19.8 Å². The van der Waals surface area contributed by atoms with Gasteiger partial charge in [0.05, 0.1) is 13.2 Å². The Balaban J connectivity index is 3.92. The van der Waals surface area contributed by atoms with Crippen LogP contribution in [0.1, 0.15) is 245 Å². The molecule has 0 heterocycles. The van der Waals surface area contributed by atoms with Gasteiger partial charge in [-0.2, -0.15) is 0 Å². The number of carbonyl (C=O) groups is 2. The Morgan fingerprint density at radius 3 is 1.26 bits per heavy atom. The third-order valence-electron chi connectivity index (χ3n) is 11.0. The fourth-order valence-corrected chi connectivity index (χ4v) is 8.00. The van der Waals surface area contributed by atoms with Crippen molar-refractivity contribution in [3.8, 4) is 0 Å². The number of phosphoric acid groups is 1. The highest BCUT2D eigenvalue weighted by Gasteiger charge is 2.26. The van der Waals surface area contributed by atoms with Gasteiger partial charge in [0, 0.05) is 19.4 Å². The topological polar surface area (TPSA) is 134 Å². The molecule has 0 aliphatic heterocycles. The van der Waals surface area contributed by atoms with E-state index in [9.17, 15) is 19.0 Å². The minimum atomic E-state index is -4.38. The van der Waals surface area contributed by atoms with Crippen LogP contribution in [-0.2, 0) is 32.7 Å². The number of esters is 2. The molecule has 3 N–H and O–H groups in total. The smallest absolute Gasteiger partial charge is 0.462 e. The number of rotatable bonds is 48. The van der Waals surface area contributed by atoms with E-state index in [2.05, 4.69) is 50.3 Å². The lowest BCUT2D eigenvalue weighted by molar-refractivity contribution is -0.161. The van der Waals surface area contributed by atoms with Crippen LogP contribution in [-0.4, -0.2) is 49.3 Å². The molecule has 9 nitrogen and oxygen atoms in total. The monoisotopic (exact) mass is 882 g/mol. The first-order chi connectivity index (χ1) is 29.8. The van der Waals surface area contributed by atoms with Gasteiger partial charge in [-0.3, -0.25) is 18.6 Å². The number of carbonyl (C=O) groups excluding carboxylic acids is 2. The lowest BCUT2D eigenvalue weighted by atomic mass is 10.0. The molecule has 0 radical (unpaired) electrons. The first-order valence-corrected chi connectivity index (χ1v) is 27.0. The quantitative estimate of drug-likeness (QED) is 0.0265. The minimum absolute atomic E-state index is 0.0547. The molecule has 0 aliphatic carbocycles. The van der Waals surface area contributed by atoms with E-state index < -0.39 is 26.5 Å². The first kappa shape index (κ1) is 59.2. The van der Waals surface area contributed by atoms with Crippen molar-refractivity contribution in [2.75, 3.05) is 26.4 Å². The Bertz CT molecular complexity index is 1100. The molecule has 2 unspecified atom stereocenters. The molecule has 0 spiro atoms. The lowest BCUT2D eigenvalue weighted by Crippen LogP contribution is -2.29. The number of unbranched alkanes of at least 4 members (excludes halogenated alkanes) is 29. The van der Waals surface area contributed by atoms with Crippen LogP contribution in [0.5, 0.6) is 0 Å². The minimum Gasteiger partial charge on any atom is -0.462 e. The predicted molar refractivity (Wildman–Crippen MR) is 257 cm³/mol. The highest BCUT2D eigenvalue weighted by molar-refractivity contribution is 7.47. The van der Waals surface area contributed by atoms with E-state index in [4.69, 9.17) is 24.3 Å². The van der Waals surface area contributed by atoms with Crippen molar-refractivity contribution in [2.45, 2.75) is 251 Å². The Hall–Kier alpha value is -1.77. The van der Waals surface area contributed by atoms with Crippen molar-refractivity contribution in [3.63, 3.8) is 0 Å². The third kappa shape index (κ3) is 47.5. The average Bonchev–Trinajstić information content (AvgIpc) is 3.25. The molecule has 0 fully saturated rings. The normalized spacial score (nSPS) is 13.4. The van der Waals surface area contributed by atoms with Gasteiger partial charge >= 0.3 is 19.8 Å². The Kier molecular flexibility index (Phi) is 46.3. The highest BCUT2D eigenvalue weighted by Crippen LogP contribution is 2.43. The Morgan fingerprint density at radius 1 is 0.492 bits per heavy atom. The molecule has 0 aliphatic rings. The molecular formula is C51H96NO8P. The van der Waals surface area contributed by atoms with E-state index in [1.165, 1.54) is 161 Å². The van der Waals surface area contributed by atoms with Crippen LogP contribution in [0.2, 0.25) is 0 Å². The summed E-state index contributed by atoms with van der Waals surface area (Å²) in [5, 5.41) is 0. The zero-order valence-electron chi connectivity index (χ0n) is 39.7. The molecular weight excluding hydrogens is 786 g/mol. The van der Waals surface area contributed by atoms with Crippen molar-refractivity contribution in [1.82, 2.24) is 0 Å². The molecule has 0 amide bonds. The number of allylic oxidation sites excluding steroid dienone is 6. The van der Waals surface area contributed by atoms with Crippen molar-refractivity contribution in [1.29, 1.82) is 0 Å². The molecule has 0 bridgehead atoms. The van der Waals surface area contributed by atoms with Gasteiger partial charge in [0.1, 0.15) is 6.61 Å². The summed E-state index contributed by atoms with van der Waals surface area (Å²) < 4.78 is 32.8. The Labute approximate surface area is 375 Å². The second-order valence-electron chi connectivity index (χ2n) is 17.0. The number of nitrogens with two attached hydrogens (primary N) is 1. The van der Waals surface area contributed by atoms with Gasteiger partial charge in [-0.05, 0) is 51.4 Å². The van der Waals surface area contributed by atoms with Crippen molar-refractivity contribution in [3.05, 3.63) is 36.5 Å². The van der Waals surface area contributed by atoms with E-state index in [0.29, 0.717) is 6.42 Å². The predicted octanol–water partition coefficient (Wildman–Crippen LogP) is 15.3. The van der Waals surface area contributed by atoms with Gasteiger partial charge in [-0.1, -0.05) is 217 Å². The summed E-state index contributed by atoms with van der Waals surface area (Å²) in [4.78, 5) is 34.9. The summed E-state index contributed by atoms with van der Waals surface area (Å²) in [6.45, 7) is 3.74. The molecule has 0 rings (SSSR count). The van der Waals surface area contributed by atoms with E-state index >= 15 is 0 Å². The maximum absolute atomic E-state index is 12.6. The molecule has 0 saturated carbocycles. The van der Waals surface area contributed by atoms with Gasteiger partial charge in [-0.15, -0.1) is 0 Å². The molecule has 61 heavy (non-hydrogen) atoms.